The van der Waals surface area contributed by atoms with E-state index >= 15 is 0 Å². The minimum Gasteiger partial charge on any atom is -0.469 e. The molecule has 2 nitrogen and oxygen atoms in total. The van der Waals surface area contributed by atoms with E-state index in [1.54, 1.807) is 11.8 Å². The van der Waals surface area contributed by atoms with Crippen LogP contribution in [0.5, 0.6) is 0 Å². The van der Waals surface area contributed by atoms with Crippen molar-refractivity contribution in [2.75, 3.05) is 7.11 Å². The van der Waals surface area contributed by atoms with Crippen molar-refractivity contribution in [3.8, 4) is 0 Å². The maximum absolute atomic E-state index is 11.5. The third kappa shape index (κ3) is 4.11. The van der Waals surface area contributed by atoms with E-state index in [0.29, 0.717) is 6.42 Å². The fraction of sp³-hybridized carbons (Fsp3) is 0.278. The Morgan fingerprint density at radius 1 is 1.05 bits per heavy atom. The van der Waals surface area contributed by atoms with Gasteiger partial charge in [0.1, 0.15) is 0 Å². The van der Waals surface area contributed by atoms with Crippen LogP contribution in [0.4, 0.5) is 0 Å². The van der Waals surface area contributed by atoms with Gasteiger partial charge in [0.25, 0.3) is 0 Å². The van der Waals surface area contributed by atoms with E-state index in [0.717, 1.165) is 16.2 Å². The molecule has 0 unspecified atom stereocenters. The van der Waals surface area contributed by atoms with Crippen molar-refractivity contribution in [1.29, 1.82) is 0 Å². The van der Waals surface area contributed by atoms with Crippen LogP contribution in [0.3, 0.4) is 0 Å². The Bertz CT molecular complexity index is 615. The van der Waals surface area contributed by atoms with Crippen molar-refractivity contribution < 1.29 is 9.53 Å². The SMILES string of the molecule is COC(=O)Cc1ccccc1SCc1c(C)cccc1C. The van der Waals surface area contributed by atoms with E-state index in [1.807, 2.05) is 18.2 Å². The van der Waals surface area contributed by atoms with Crippen molar-refractivity contribution in [2.24, 2.45) is 0 Å². The van der Waals surface area contributed by atoms with Gasteiger partial charge in [-0.15, -0.1) is 11.8 Å². The molecule has 0 fully saturated rings. The molecule has 2 rings (SSSR count). The van der Waals surface area contributed by atoms with Gasteiger partial charge in [-0.1, -0.05) is 36.4 Å². The van der Waals surface area contributed by atoms with Gasteiger partial charge in [-0.25, -0.2) is 0 Å². The second-order valence-corrected chi connectivity index (χ2v) is 6.04. The number of ether oxygens (including phenoxy) is 1. The fourth-order valence-electron chi connectivity index (χ4n) is 2.24. The Hall–Kier alpha value is -1.74. The predicted molar refractivity (Wildman–Crippen MR) is 87.6 cm³/mol. The zero-order valence-electron chi connectivity index (χ0n) is 12.7. The number of benzene rings is 2. The Kier molecular flexibility index (Phi) is 5.45. The maximum Gasteiger partial charge on any atom is 0.310 e. The quantitative estimate of drug-likeness (QED) is 0.608. The van der Waals surface area contributed by atoms with Crippen molar-refractivity contribution in [1.82, 2.24) is 0 Å². The van der Waals surface area contributed by atoms with Gasteiger partial charge in [-0.05, 0) is 42.2 Å². The molecule has 2 aromatic carbocycles. The molecular formula is C18H20O2S. The number of esters is 1. The average Bonchev–Trinajstić information content (AvgIpc) is 2.48. The summed E-state index contributed by atoms with van der Waals surface area (Å²) < 4.78 is 4.76. The molecule has 110 valence electrons. The maximum atomic E-state index is 11.5. The molecule has 0 bridgehead atoms. The van der Waals surface area contributed by atoms with Crippen molar-refractivity contribution in [2.45, 2.75) is 30.9 Å². The van der Waals surface area contributed by atoms with E-state index in [1.165, 1.54) is 23.8 Å². The molecule has 0 aliphatic heterocycles. The van der Waals surface area contributed by atoms with Crippen molar-refractivity contribution >= 4 is 17.7 Å². The van der Waals surface area contributed by atoms with Crippen LogP contribution in [-0.4, -0.2) is 13.1 Å². The molecule has 0 N–H and O–H groups in total. The smallest absolute Gasteiger partial charge is 0.310 e. The van der Waals surface area contributed by atoms with Crippen LogP contribution in [0.1, 0.15) is 22.3 Å². The first-order chi connectivity index (χ1) is 10.1. The summed E-state index contributed by atoms with van der Waals surface area (Å²) in [5, 5.41) is 0. The largest absolute Gasteiger partial charge is 0.469 e. The molecule has 0 radical (unpaired) electrons. The summed E-state index contributed by atoms with van der Waals surface area (Å²) in [6.45, 7) is 4.28. The lowest BCUT2D eigenvalue weighted by molar-refractivity contribution is -0.139. The molecule has 0 aliphatic rings. The predicted octanol–water partition coefficient (Wildman–Crippen LogP) is 4.31. The molecule has 2 aromatic rings. The minimum absolute atomic E-state index is 0.199. The van der Waals surface area contributed by atoms with Crippen LogP contribution >= 0.6 is 11.8 Å². The summed E-state index contributed by atoms with van der Waals surface area (Å²) >= 11 is 1.77. The fourth-order valence-corrected chi connectivity index (χ4v) is 3.50. The van der Waals surface area contributed by atoms with Gasteiger partial charge in [0.05, 0.1) is 13.5 Å². The van der Waals surface area contributed by atoms with E-state index in [9.17, 15) is 4.79 Å². The highest BCUT2D eigenvalue weighted by Crippen LogP contribution is 2.29. The van der Waals surface area contributed by atoms with Gasteiger partial charge in [0.15, 0.2) is 0 Å². The first-order valence-electron chi connectivity index (χ1n) is 6.94. The van der Waals surface area contributed by atoms with Crippen LogP contribution < -0.4 is 0 Å². The highest BCUT2D eigenvalue weighted by molar-refractivity contribution is 7.98. The van der Waals surface area contributed by atoms with Gasteiger partial charge in [0, 0.05) is 10.6 Å². The van der Waals surface area contributed by atoms with Gasteiger partial charge < -0.3 is 4.74 Å². The molecule has 3 heteroatoms. The second-order valence-electron chi connectivity index (χ2n) is 5.02. The first kappa shape index (κ1) is 15.6. The van der Waals surface area contributed by atoms with Gasteiger partial charge in [-0.3, -0.25) is 4.79 Å². The average molecular weight is 300 g/mol. The van der Waals surface area contributed by atoms with E-state index in [2.05, 4.69) is 38.1 Å². The zero-order chi connectivity index (χ0) is 15.2. The molecule has 0 heterocycles. The monoisotopic (exact) mass is 300 g/mol. The van der Waals surface area contributed by atoms with E-state index in [-0.39, 0.29) is 5.97 Å². The molecule has 0 atom stereocenters. The molecule has 0 spiro atoms. The number of thioether (sulfide) groups is 1. The number of carbonyl (C=O) groups excluding carboxylic acids is 1. The summed E-state index contributed by atoms with van der Waals surface area (Å²) in [6.07, 6.45) is 0.326. The Morgan fingerprint density at radius 2 is 1.71 bits per heavy atom. The normalized spacial score (nSPS) is 10.4. The van der Waals surface area contributed by atoms with E-state index in [4.69, 9.17) is 4.74 Å². The first-order valence-corrected chi connectivity index (χ1v) is 7.93. The highest BCUT2D eigenvalue weighted by Gasteiger charge is 2.09. The van der Waals surface area contributed by atoms with E-state index < -0.39 is 0 Å². The van der Waals surface area contributed by atoms with Crippen molar-refractivity contribution in [3.05, 3.63) is 64.7 Å². The van der Waals surface area contributed by atoms with Crippen LogP contribution in [0, 0.1) is 13.8 Å². The number of hydrogen-bond acceptors (Lipinski definition) is 3. The summed E-state index contributed by atoms with van der Waals surface area (Å²) in [5.74, 6) is 0.714. The Morgan fingerprint density at radius 3 is 2.38 bits per heavy atom. The number of rotatable bonds is 5. The third-order valence-electron chi connectivity index (χ3n) is 3.55. The van der Waals surface area contributed by atoms with Gasteiger partial charge in [-0.2, -0.15) is 0 Å². The standard InChI is InChI=1S/C18H20O2S/c1-13-7-6-8-14(2)16(13)12-21-17-10-5-4-9-15(17)11-18(19)20-3/h4-10H,11-12H2,1-3H3. The summed E-state index contributed by atoms with van der Waals surface area (Å²) in [5.41, 5.74) is 5.02. The van der Waals surface area contributed by atoms with Gasteiger partial charge in [0.2, 0.25) is 0 Å². The molecule has 0 aliphatic carbocycles. The lowest BCUT2D eigenvalue weighted by atomic mass is 10.1. The minimum atomic E-state index is -0.199. The van der Waals surface area contributed by atoms with Crippen LogP contribution in [0.2, 0.25) is 0 Å². The Balaban J connectivity index is 2.15. The second kappa shape index (κ2) is 7.32. The van der Waals surface area contributed by atoms with Crippen LogP contribution in [0.15, 0.2) is 47.4 Å². The molecule has 0 amide bonds. The molecule has 0 saturated heterocycles. The third-order valence-corrected chi connectivity index (χ3v) is 4.69. The number of methoxy groups -OCH3 is 1. The molecule has 0 saturated carbocycles. The lowest BCUT2D eigenvalue weighted by Crippen LogP contribution is -2.05. The lowest BCUT2D eigenvalue weighted by Gasteiger charge is -2.11. The summed E-state index contributed by atoms with van der Waals surface area (Å²) in [6, 6.07) is 14.4. The number of hydrogen-bond donors (Lipinski definition) is 0. The van der Waals surface area contributed by atoms with Crippen LogP contribution in [0.25, 0.3) is 0 Å². The number of aryl methyl sites for hydroxylation is 2. The van der Waals surface area contributed by atoms with Crippen molar-refractivity contribution in [3.63, 3.8) is 0 Å². The number of carbonyl (C=O) groups is 1. The molecular weight excluding hydrogens is 280 g/mol. The van der Waals surface area contributed by atoms with Gasteiger partial charge >= 0.3 is 5.97 Å². The Labute approximate surface area is 130 Å². The van der Waals surface area contributed by atoms with Crippen LogP contribution in [-0.2, 0) is 21.7 Å². The summed E-state index contributed by atoms with van der Waals surface area (Å²) in [7, 11) is 1.43. The summed E-state index contributed by atoms with van der Waals surface area (Å²) in [4.78, 5) is 12.6. The topological polar surface area (TPSA) is 26.3 Å². The molecule has 0 aromatic heterocycles. The zero-order valence-corrected chi connectivity index (χ0v) is 13.5. The highest BCUT2D eigenvalue weighted by atomic mass is 32.2. The molecule has 21 heavy (non-hydrogen) atoms.